The molecule has 158 valence electrons. The molecule has 0 radical (unpaired) electrons. The predicted octanol–water partition coefficient (Wildman–Crippen LogP) is 0.842. The molecule has 0 unspecified atom stereocenters. The molecule has 3 fully saturated rings. The zero-order valence-electron chi connectivity index (χ0n) is 17.3. The van der Waals surface area contributed by atoms with Crippen molar-refractivity contribution >= 4 is 11.9 Å². The third-order valence-electron chi connectivity index (χ3n) is 5.61. The van der Waals surface area contributed by atoms with E-state index in [1.165, 1.54) is 12.8 Å². The quantitative estimate of drug-likeness (QED) is 0.497. The summed E-state index contributed by atoms with van der Waals surface area (Å²) in [5.41, 5.74) is 1.13. The van der Waals surface area contributed by atoms with E-state index < -0.39 is 0 Å². The molecule has 1 saturated heterocycles. The van der Waals surface area contributed by atoms with Crippen LogP contribution in [0.15, 0.2) is 23.3 Å². The summed E-state index contributed by atoms with van der Waals surface area (Å²) >= 11 is 0. The number of hydrogen-bond acceptors (Lipinski definition) is 5. The van der Waals surface area contributed by atoms with Gasteiger partial charge in [-0.1, -0.05) is 0 Å². The molecule has 2 aliphatic carbocycles. The summed E-state index contributed by atoms with van der Waals surface area (Å²) in [4.78, 5) is 25.2. The second-order valence-electron chi connectivity index (χ2n) is 8.26. The largest absolute Gasteiger partial charge is 0.477 e. The normalized spacial score (nSPS) is 20.4. The lowest BCUT2D eigenvalue weighted by Gasteiger charge is -2.36. The molecule has 0 atom stereocenters. The molecule has 4 rings (SSSR count). The van der Waals surface area contributed by atoms with Crippen molar-refractivity contribution in [1.29, 1.82) is 0 Å². The molecule has 0 aromatic carbocycles. The zero-order valence-corrected chi connectivity index (χ0v) is 17.3. The highest BCUT2D eigenvalue weighted by atomic mass is 16.5. The van der Waals surface area contributed by atoms with Gasteiger partial charge in [0.15, 0.2) is 5.96 Å². The standard InChI is InChI=1S/C21H32N6O2/c1-22-21(24-13-17-6-7-23-20(12-17)29-15-16-2-3-16)27-10-8-26(9-11-27)14-19(28)25-18-4-5-18/h6-7,12,16,18H,2-5,8-11,13-15H2,1H3,(H,22,24)(H,25,28). The van der Waals surface area contributed by atoms with E-state index in [4.69, 9.17) is 4.74 Å². The molecular formula is C21H32N6O2. The minimum Gasteiger partial charge on any atom is -0.477 e. The first-order chi connectivity index (χ1) is 14.2. The van der Waals surface area contributed by atoms with Crippen LogP contribution in [0.1, 0.15) is 31.2 Å². The smallest absolute Gasteiger partial charge is 0.234 e. The minimum atomic E-state index is 0.154. The Balaban J connectivity index is 1.20. The average Bonchev–Trinajstić information content (AvgIpc) is 3.64. The van der Waals surface area contributed by atoms with Gasteiger partial charge in [0.1, 0.15) is 0 Å². The monoisotopic (exact) mass is 400 g/mol. The molecule has 8 heteroatoms. The van der Waals surface area contributed by atoms with Gasteiger partial charge < -0.3 is 20.3 Å². The van der Waals surface area contributed by atoms with Crippen LogP contribution >= 0.6 is 0 Å². The van der Waals surface area contributed by atoms with Crippen molar-refractivity contribution in [2.24, 2.45) is 10.9 Å². The third-order valence-corrected chi connectivity index (χ3v) is 5.61. The molecule has 29 heavy (non-hydrogen) atoms. The molecule has 8 nitrogen and oxygen atoms in total. The molecule has 2 saturated carbocycles. The number of amides is 1. The van der Waals surface area contributed by atoms with Gasteiger partial charge in [0.25, 0.3) is 0 Å². The molecular weight excluding hydrogens is 368 g/mol. The molecule has 0 bridgehead atoms. The number of rotatable bonds is 8. The van der Waals surface area contributed by atoms with Gasteiger partial charge in [-0.2, -0.15) is 0 Å². The lowest BCUT2D eigenvalue weighted by Crippen LogP contribution is -2.54. The molecule has 0 spiro atoms. The number of ether oxygens (including phenoxy) is 1. The van der Waals surface area contributed by atoms with Crippen LogP contribution in [-0.2, 0) is 11.3 Å². The van der Waals surface area contributed by atoms with Crippen molar-refractivity contribution in [3.63, 3.8) is 0 Å². The Kier molecular flexibility index (Phi) is 6.49. The summed E-state index contributed by atoms with van der Waals surface area (Å²) in [6, 6.07) is 4.43. The van der Waals surface area contributed by atoms with Crippen molar-refractivity contribution < 1.29 is 9.53 Å². The van der Waals surface area contributed by atoms with Crippen LogP contribution < -0.4 is 15.4 Å². The lowest BCUT2D eigenvalue weighted by molar-refractivity contribution is -0.122. The number of hydrogen-bond donors (Lipinski definition) is 2. The highest BCUT2D eigenvalue weighted by molar-refractivity contribution is 5.80. The van der Waals surface area contributed by atoms with Gasteiger partial charge in [0.05, 0.1) is 13.2 Å². The molecule has 1 aromatic rings. The Morgan fingerprint density at radius 1 is 1.24 bits per heavy atom. The third kappa shape index (κ3) is 6.32. The summed E-state index contributed by atoms with van der Waals surface area (Å²) in [6.07, 6.45) is 6.61. The van der Waals surface area contributed by atoms with Gasteiger partial charge in [-0.3, -0.25) is 14.7 Å². The first-order valence-corrected chi connectivity index (χ1v) is 10.7. The van der Waals surface area contributed by atoms with Crippen LogP contribution in [-0.4, -0.2) is 79.1 Å². The maximum absolute atomic E-state index is 12.0. The van der Waals surface area contributed by atoms with E-state index in [2.05, 4.69) is 30.4 Å². The van der Waals surface area contributed by atoms with Gasteiger partial charge in [0, 0.05) is 58.1 Å². The Bertz CT molecular complexity index is 724. The molecule has 3 aliphatic rings. The second kappa shape index (κ2) is 9.43. The Labute approximate surface area is 172 Å². The first-order valence-electron chi connectivity index (χ1n) is 10.7. The lowest BCUT2D eigenvalue weighted by atomic mass is 10.2. The van der Waals surface area contributed by atoms with Crippen molar-refractivity contribution in [1.82, 2.24) is 25.4 Å². The van der Waals surface area contributed by atoms with Crippen molar-refractivity contribution in [2.75, 3.05) is 46.4 Å². The van der Waals surface area contributed by atoms with E-state index in [-0.39, 0.29) is 5.91 Å². The summed E-state index contributed by atoms with van der Waals surface area (Å²) in [6.45, 7) is 5.41. The summed E-state index contributed by atoms with van der Waals surface area (Å²) < 4.78 is 5.77. The predicted molar refractivity (Wildman–Crippen MR) is 112 cm³/mol. The van der Waals surface area contributed by atoms with E-state index in [1.807, 2.05) is 19.2 Å². The molecule has 1 aliphatic heterocycles. The van der Waals surface area contributed by atoms with E-state index in [0.29, 0.717) is 25.0 Å². The number of carbonyl (C=O) groups excluding carboxylic acids is 1. The summed E-state index contributed by atoms with van der Waals surface area (Å²) in [5, 5.41) is 6.51. The van der Waals surface area contributed by atoms with Gasteiger partial charge in [-0.05, 0) is 43.2 Å². The fraction of sp³-hybridized carbons (Fsp3) is 0.667. The number of carbonyl (C=O) groups is 1. The fourth-order valence-electron chi connectivity index (χ4n) is 3.46. The number of guanidine groups is 1. The Morgan fingerprint density at radius 2 is 2.03 bits per heavy atom. The van der Waals surface area contributed by atoms with Crippen LogP contribution in [0.4, 0.5) is 0 Å². The number of aromatic nitrogens is 1. The second-order valence-corrected chi connectivity index (χ2v) is 8.26. The number of nitrogens with zero attached hydrogens (tertiary/aromatic N) is 4. The van der Waals surface area contributed by atoms with Gasteiger partial charge in [0.2, 0.25) is 11.8 Å². The first kappa shape index (κ1) is 19.9. The molecule has 1 aromatic heterocycles. The van der Waals surface area contributed by atoms with Crippen LogP contribution in [0.2, 0.25) is 0 Å². The highest BCUT2D eigenvalue weighted by Gasteiger charge is 2.26. The molecule has 2 heterocycles. The van der Waals surface area contributed by atoms with Crippen molar-refractivity contribution in [2.45, 2.75) is 38.3 Å². The van der Waals surface area contributed by atoms with Crippen molar-refractivity contribution in [3.8, 4) is 5.88 Å². The SMILES string of the molecule is CN=C(NCc1ccnc(OCC2CC2)c1)N1CCN(CC(=O)NC2CC2)CC1. The van der Waals surface area contributed by atoms with Gasteiger partial charge in [-0.25, -0.2) is 4.98 Å². The van der Waals surface area contributed by atoms with Crippen molar-refractivity contribution in [3.05, 3.63) is 23.9 Å². The minimum absolute atomic E-state index is 0.154. The number of pyridine rings is 1. The number of piperazine rings is 1. The van der Waals surface area contributed by atoms with Crippen LogP contribution in [0, 0.1) is 5.92 Å². The maximum Gasteiger partial charge on any atom is 0.234 e. The van der Waals surface area contributed by atoms with E-state index in [9.17, 15) is 4.79 Å². The Morgan fingerprint density at radius 3 is 2.72 bits per heavy atom. The van der Waals surface area contributed by atoms with E-state index in [1.54, 1.807) is 6.20 Å². The van der Waals surface area contributed by atoms with E-state index in [0.717, 1.165) is 63.1 Å². The fourth-order valence-corrected chi connectivity index (χ4v) is 3.46. The number of nitrogens with one attached hydrogen (secondary N) is 2. The van der Waals surface area contributed by atoms with Gasteiger partial charge >= 0.3 is 0 Å². The number of aliphatic imine (C=N–C) groups is 1. The maximum atomic E-state index is 12.0. The highest BCUT2D eigenvalue weighted by Crippen LogP contribution is 2.29. The van der Waals surface area contributed by atoms with Crippen LogP contribution in [0.5, 0.6) is 5.88 Å². The summed E-state index contributed by atoms with van der Waals surface area (Å²) in [7, 11) is 1.81. The Hall–Kier alpha value is -2.35. The van der Waals surface area contributed by atoms with Gasteiger partial charge in [-0.15, -0.1) is 0 Å². The average molecular weight is 401 g/mol. The van der Waals surface area contributed by atoms with Crippen LogP contribution in [0.3, 0.4) is 0 Å². The zero-order chi connectivity index (χ0) is 20.1. The summed E-state index contributed by atoms with van der Waals surface area (Å²) in [5.74, 6) is 2.46. The van der Waals surface area contributed by atoms with Crippen LogP contribution in [0.25, 0.3) is 0 Å². The topological polar surface area (TPSA) is 82.1 Å². The molecule has 1 amide bonds. The molecule has 2 N–H and O–H groups in total. The van der Waals surface area contributed by atoms with E-state index >= 15 is 0 Å².